The molecule has 1 heterocycles. The van der Waals surface area contributed by atoms with Gasteiger partial charge < -0.3 is 5.11 Å². The largest absolute Gasteiger partial charge is 0.390 e. The minimum Gasteiger partial charge on any atom is -0.390 e. The first kappa shape index (κ1) is 18.7. The molecule has 150 valence electrons. The molecule has 5 nitrogen and oxygen atoms in total. The van der Waals surface area contributed by atoms with Crippen LogP contribution in [-0.4, -0.2) is 45.3 Å². The molecule has 1 aromatic heterocycles. The Balaban J connectivity index is 1.42. The molecule has 3 aromatic carbocycles. The van der Waals surface area contributed by atoms with Crippen LogP contribution in [0.3, 0.4) is 0 Å². The summed E-state index contributed by atoms with van der Waals surface area (Å²) in [6, 6.07) is 23.5. The van der Waals surface area contributed by atoms with Crippen molar-refractivity contribution >= 4 is 16.7 Å². The van der Waals surface area contributed by atoms with Crippen molar-refractivity contribution in [3.63, 3.8) is 0 Å². The molecule has 0 saturated carbocycles. The molecule has 1 atom stereocenters. The fourth-order valence-electron chi connectivity index (χ4n) is 4.36. The number of ketones is 1. The number of benzene rings is 3. The van der Waals surface area contributed by atoms with Gasteiger partial charge in [-0.1, -0.05) is 66.7 Å². The third-order valence-electron chi connectivity index (χ3n) is 5.65. The predicted molar refractivity (Wildman–Crippen MR) is 117 cm³/mol. The van der Waals surface area contributed by atoms with Crippen LogP contribution in [0.25, 0.3) is 22.2 Å². The van der Waals surface area contributed by atoms with E-state index in [0.29, 0.717) is 24.2 Å². The van der Waals surface area contributed by atoms with Crippen molar-refractivity contribution in [2.24, 2.45) is 0 Å². The van der Waals surface area contributed by atoms with E-state index < -0.39 is 6.10 Å². The van der Waals surface area contributed by atoms with Crippen molar-refractivity contribution in [1.29, 1.82) is 0 Å². The number of hydrogen-bond donors (Lipinski definition) is 1. The van der Waals surface area contributed by atoms with Crippen LogP contribution in [0.1, 0.15) is 21.5 Å². The standard InChI is InChI=1S/C25H23N3O2/c1-27(14-17-8-3-2-4-9-17)15-18(29)16-28-22-13-7-12-21-23(22)24(26-28)19-10-5-6-11-20(19)25(21)30/h2-13,18,29H,14-16H2,1H3. The SMILES string of the molecule is CN(Cc1ccccc1)CC(O)Cn1nc2c3c(cccc31)C(=O)c1ccccc1-2. The van der Waals surface area contributed by atoms with Gasteiger partial charge >= 0.3 is 0 Å². The normalized spacial score (nSPS) is 13.6. The number of nitrogens with zero attached hydrogens (tertiary/aromatic N) is 3. The number of hydrogen-bond acceptors (Lipinski definition) is 4. The van der Waals surface area contributed by atoms with Crippen LogP contribution in [0.15, 0.2) is 72.8 Å². The maximum atomic E-state index is 13.0. The van der Waals surface area contributed by atoms with Gasteiger partial charge in [0.05, 0.1) is 18.2 Å². The highest BCUT2D eigenvalue weighted by atomic mass is 16.3. The molecule has 5 rings (SSSR count). The van der Waals surface area contributed by atoms with Crippen molar-refractivity contribution in [2.45, 2.75) is 19.2 Å². The zero-order valence-corrected chi connectivity index (χ0v) is 16.8. The number of aliphatic hydroxyl groups is 1. The first-order valence-corrected chi connectivity index (χ1v) is 10.2. The molecule has 0 aliphatic heterocycles. The Morgan fingerprint density at radius 3 is 2.43 bits per heavy atom. The van der Waals surface area contributed by atoms with Crippen LogP contribution >= 0.6 is 0 Å². The Morgan fingerprint density at radius 2 is 1.63 bits per heavy atom. The molecule has 0 spiro atoms. The molecule has 0 bridgehead atoms. The lowest BCUT2D eigenvalue weighted by Gasteiger charge is -2.21. The number of carbonyl (C=O) groups excluding carboxylic acids is 1. The molecule has 30 heavy (non-hydrogen) atoms. The molecule has 1 aliphatic carbocycles. The zero-order chi connectivity index (χ0) is 20.7. The van der Waals surface area contributed by atoms with E-state index in [1.807, 2.05) is 72.4 Å². The van der Waals surface area contributed by atoms with Gasteiger partial charge in [0.2, 0.25) is 0 Å². The van der Waals surface area contributed by atoms with Crippen molar-refractivity contribution in [1.82, 2.24) is 14.7 Å². The van der Waals surface area contributed by atoms with Gasteiger partial charge in [0.15, 0.2) is 5.78 Å². The monoisotopic (exact) mass is 397 g/mol. The van der Waals surface area contributed by atoms with Gasteiger partial charge in [0.1, 0.15) is 5.69 Å². The van der Waals surface area contributed by atoms with Crippen molar-refractivity contribution in [3.05, 3.63) is 89.5 Å². The highest BCUT2D eigenvalue weighted by Gasteiger charge is 2.28. The van der Waals surface area contributed by atoms with Gasteiger partial charge in [-0.25, -0.2) is 0 Å². The molecule has 1 unspecified atom stereocenters. The van der Waals surface area contributed by atoms with E-state index in [9.17, 15) is 9.90 Å². The molecule has 0 saturated heterocycles. The summed E-state index contributed by atoms with van der Waals surface area (Å²) in [7, 11) is 2.00. The second kappa shape index (κ2) is 7.52. The molecule has 5 heteroatoms. The lowest BCUT2D eigenvalue weighted by Crippen LogP contribution is -2.32. The molecule has 0 amide bonds. The number of rotatable bonds is 6. The summed E-state index contributed by atoms with van der Waals surface area (Å²) in [4.78, 5) is 15.1. The Hall–Kier alpha value is -3.28. The first-order chi connectivity index (χ1) is 14.6. The second-order valence-electron chi connectivity index (χ2n) is 7.94. The van der Waals surface area contributed by atoms with Gasteiger partial charge in [-0.15, -0.1) is 0 Å². The molecule has 0 radical (unpaired) electrons. The van der Waals surface area contributed by atoms with E-state index in [0.717, 1.165) is 28.7 Å². The minimum atomic E-state index is -0.579. The molecular weight excluding hydrogens is 374 g/mol. The Labute approximate surface area is 175 Å². The molecule has 0 fully saturated rings. The minimum absolute atomic E-state index is 0.0337. The number of aromatic nitrogens is 2. The number of likely N-dealkylation sites (N-methyl/N-ethyl adjacent to an activating group) is 1. The van der Waals surface area contributed by atoms with Gasteiger partial charge in [-0.2, -0.15) is 5.10 Å². The van der Waals surface area contributed by atoms with Gasteiger partial charge in [0.25, 0.3) is 0 Å². The summed E-state index contributed by atoms with van der Waals surface area (Å²) in [5.41, 5.74) is 5.15. The van der Waals surface area contributed by atoms with Crippen LogP contribution in [0.5, 0.6) is 0 Å². The lowest BCUT2D eigenvalue weighted by atomic mass is 9.87. The van der Waals surface area contributed by atoms with E-state index in [1.165, 1.54) is 5.56 Å². The lowest BCUT2D eigenvalue weighted by molar-refractivity contribution is 0.103. The third kappa shape index (κ3) is 3.22. The molecular formula is C25H23N3O2. The Morgan fingerprint density at radius 1 is 0.933 bits per heavy atom. The van der Waals surface area contributed by atoms with E-state index in [-0.39, 0.29) is 5.78 Å². The quantitative estimate of drug-likeness (QED) is 0.474. The highest BCUT2D eigenvalue weighted by molar-refractivity contribution is 6.25. The number of aliphatic hydroxyl groups excluding tert-OH is 1. The van der Waals surface area contributed by atoms with Crippen molar-refractivity contribution in [3.8, 4) is 11.3 Å². The van der Waals surface area contributed by atoms with Gasteiger partial charge in [0, 0.05) is 35.2 Å². The summed E-state index contributed by atoms with van der Waals surface area (Å²) in [6.45, 7) is 1.67. The van der Waals surface area contributed by atoms with Crippen LogP contribution in [-0.2, 0) is 13.1 Å². The average Bonchev–Trinajstić information content (AvgIpc) is 3.12. The summed E-state index contributed by atoms with van der Waals surface area (Å²) in [5.74, 6) is 0.0337. The van der Waals surface area contributed by atoms with E-state index in [4.69, 9.17) is 5.10 Å². The zero-order valence-electron chi connectivity index (χ0n) is 16.8. The molecule has 4 aromatic rings. The second-order valence-corrected chi connectivity index (χ2v) is 7.94. The first-order valence-electron chi connectivity index (χ1n) is 10.2. The van der Waals surface area contributed by atoms with Crippen LogP contribution in [0, 0.1) is 0 Å². The summed E-state index contributed by atoms with van der Waals surface area (Å²) < 4.78 is 1.84. The van der Waals surface area contributed by atoms with Gasteiger partial charge in [-0.3, -0.25) is 14.4 Å². The fraction of sp³-hybridized carbons (Fsp3) is 0.200. The van der Waals surface area contributed by atoms with Crippen LogP contribution in [0.4, 0.5) is 0 Å². The average molecular weight is 397 g/mol. The molecule has 1 N–H and O–H groups in total. The van der Waals surface area contributed by atoms with E-state index >= 15 is 0 Å². The maximum Gasteiger partial charge on any atom is 0.194 e. The van der Waals surface area contributed by atoms with E-state index in [2.05, 4.69) is 17.0 Å². The highest BCUT2D eigenvalue weighted by Crippen LogP contribution is 2.38. The summed E-state index contributed by atoms with van der Waals surface area (Å²) in [6.07, 6.45) is -0.579. The molecule has 1 aliphatic rings. The van der Waals surface area contributed by atoms with Crippen molar-refractivity contribution < 1.29 is 9.90 Å². The van der Waals surface area contributed by atoms with Crippen LogP contribution < -0.4 is 0 Å². The predicted octanol–water partition coefficient (Wildman–Crippen LogP) is 3.74. The maximum absolute atomic E-state index is 13.0. The van der Waals surface area contributed by atoms with Gasteiger partial charge in [-0.05, 0) is 18.7 Å². The van der Waals surface area contributed by atoms with Crippen molar-refractivity contribution in [2.75, 3.05) is 13.6 Å². The van der Waals surface area contributed by atoms with Crippen LogP contribution in [0.2, 0.25) is 0 Å². The smallest absolute Gasteiger partial charge is 0.194 e. The summed E-state index contributed by atoms with van der Waals surface area (Å²) in [5, 5.41) is 16.4. The topological polar surface area (TPSA) is 58.4 Å². The Kier molecular flexibility index (Phi) is 4.69. The Bertz CT molecular complexity index is 1230. The number of fused-ring (bicyclic) bond motifs is 2. The third-order valence-corrected chi connectivity index (χ3v) is 5.65. The number of carbonyl (C=O) groups is 1. The fourth-order valence-corrected chi connectivity index (χ4v) is 4.36. The summed E-state index contributed by atoms with van der Waals surface area (Å²) >= 11 is 0. The van der Waals surface area contributed by atoms with E-state index in [1.54, 1.807) is 0 Å².